The monoisotopic (exact) mass is 347 g/mol. The lowest BCUT2D eigenvalue weighted by Gasteiger charge is -2.25. The summed E-state index contributed by atoms with van der Waals surface area (Å²) in [4.78, 5) is 37.6. The lowest BCUT2D eigenvalue weighted by atomic mass is 10.0. The van der Waals surface area contributed by atoms with Crippen LogP contribution in [0.15, 0.2) is 30.3 Å². The molecule has 0 saturated carbocycles. The van der Waals surface area contributed by atoms with Gasteiger partial charge in [0.2, 0.25) is 5.91 Å². The fourth-order valence-electron chi connectivity index (χ4n) is 3.10. The van der Waals surface area contributed by atoms with Crippen molar-refractivity contribution in [1.82, 2.24) is 10.2 Å². The SMILES string of the molecule is CC(C)CC(N)C(=O)N1CC(NC(=O)c2ccccc2)CC1C(=O)O. The second kappa shape index (κ2) is 8.11. The molecule has 1 aliphatic heterocycles. The number of nitrogens with zero attached hydrogens (tertiary/aromatic N) is 1. The first-order valence-corrected chi connectivity index (χ1v) is 8.44. The van der Waals surface area contributed by atoms with Gasteiger partial charge in [-0.05, 0) is 24.5 Å². The maximum Gasteiger partial charge on any atom is 0.326 e. The van der Waals surface area contributed by atoms with Crippen molar-refractivity contribution in [2.45, 2.75) is 44.8 Å². The summed E-state index contributed by atoms with van der Waals surface area (Å²) in [6.45, 7) is 4.06. The van der Waals surface area contributed by atoms with Crippen molar-refractivity contribution in [2.75, 3.05) is 6.54 Å². The Bertz CT molecular complexity index is 632. The third-order valence-corrected chi connectivity index (χ3v) is 4.28. The first-order valence-electron chi connectivity index (χ1n) is 8.44. The van der Waals surface area contributed by atoms with Crippen LogP contribution in [0.4, 0.5) is 0 Å². The number of likely N-dealkylation sites (tertiary alicyclic amines) is 1. The van der Waals surface area contributed by atoms with Gasteiger partial charge < -0.3 is 21.1 Å². The molecule has 1 fully saturated rings. The average Bonchev–Trinajstić information content (AvgIpc) is 2.98. The molecule has 0 radical (unpaired) electrons. The topological polar surface area (TPSA) is 113 Å². The van der Waals surface area contributed by atoms with Crippen LogP contribution in [-0.2, 0) is 9.59 Å². The lowest BCUT2D eigenvalue weighted by molar-refractivity contribution is -0.148. The highest BCUT2D eigenvalue weighted by molar-refractivity contribution is 5.94. The van der Waals surface area contributed by atoms with E-state index in [1.807, 2.05) is 19.9 Å². The van der Waals surface area contributed by atoms with E-state index in [4.69, 9.17) is 5.73 Å². The second-order valence-corrected chi connectivity index (χ2v) is 6.85. The molecule has 3 unspecified atom stereocenters. The Balaban J connectivity index is 2.05. The molecule has 3 atom stereocenters. The van der Waals surface area contributed by atoms with Crippen molar-refractivity contribution >= 4 is 17.8 Å². The van der Waals surface area contributed by atoms with E-state index >= 15 is 0 Å². The number of hydrogen-bond donors (Lipinski definition) is 3. The van der Waals surface area contributed by atoms with Gasteiger partial charge in [0.25, 0.3) is 5.91 Å². The molecule has 7 heteroatoms. The number of nitrogens with one attached hydrogen (secondary N) is 1. The third kappa shape index (κ3) is 4.79. The molecule has 1 aromatic rings. The summed E-state index contributed by atoms with van der Waals surface area (Å²) in [5, 5.41) is 12.2. The lowest BCUT2D eigenvalue weighted by Crippen LogP contribution is -2.49. The molecule has 0 aliphatic carbocycles. The van der Waals surface area contributed by atoms with Crippen LogP contribution in [0.2, 0.25) is 0 Å². The number of carboxylic acids is 1. The van der Waals surface area contributed by atoms with Gasteiger partial charge in [-0.2, -0.15) is 0 Å². The number of hydrogen-bond acceptors (Lipinski definition) is 4. The molecule has 0 spiro atoms. The van der Waals surface area contributed by atoms with Gasteiger partial charge in [0.15, 0.2) is 0 Å². The van der Waals surface area contributed by atoms with Gasteiger partial charge in [0, 0.05) is 24.6 Å². The number of rotatable bonds is 6. The van der Waals surface area contributed by atoms with Crippen molar-refractivity contribution in [3.63, 3.8) is 0 Å². The molecule has 1 aromatic carbocycles. The summed E-state index contributed by atoms with van der Waals surface area (Å²) in [6, 6.07) is 6.57. The number of amides is 2. The quantitative estimate of drug-likeness (QED) is 0.706. The molecule has 1 saturated heterocycles. The minimum absolute atomic E-state index is 0.153. The van der Waals surface area contributed by atoms with Crippen LogP contribution >= 0.6 is 0 Å². The average molecular weight is 347 g/mol. The van der Waals surface area contributed by atoms with Crippen LogP contribution in [0.1, 0.15) is 37.0 Å². The Morgan fingerprint density at radius 3 is 2.48 bits per heavy atom. The van der Waals surface area contributed by atoms with E-state index in [-0.39, 0.29) is 30.7 Å². The van der Waals surface area contributed by atoms with Gasteiger partial charge in [-0.1, -0.05) is 32.0 Å². The Kier molecular flexibility index (Phi) is 6.14. The molecule has 2 amide bonds. The van der Waals surface area contributed by atoms with Crippen LogP contribution in [-0.4, -0.2) is 52.5 Å². The predicted molar refractivity (Wildman–Crippen MR) is 92.9 cm³/mol. The summed E-state index contributed by atoms with van der Waals surface area (Å²) in [5.74, 6) is -1.51. The van der Waals surface area contributed by atoms with Crippen molar-refractivity contribution in [2.24, 2.45) is 11.7 Å². The Morgan fingerprint density at radius 2 is 1.92 bits per heavy atom. The number of carboxylic acid groups (broad SMARTS) is 1. The fourth-order valence-corrected chi connectivity index (χ4v) is 3.10. The van der Waals surface area contributed by atoms with Crippen molar-refractivity contribution in [3.05, 3.63) is 35.9 Å². The van der Waals surface area contributed by atoms with Gasteiger partial charge in [0.1, 0.15) is 6.04 Å². The maximum absolute atomic E-state index is 12.5. The first-order chi connectivity index (χ1) is 11.8. The van der Waals surface area contributed by atoms with E-state index in [0.29, 0.717) is 12.0 Å². The minimum Gasteiger partial charge on any atom is -0.480 e. The van der Waals surface area contributed by atoms with E-state index in [1.165, 1.54) is 4.90 Å². The highest BCUT2D eigenvalue weighted by Gasteiger charge is 2.41. The van der Waals surface area contributed by atoms with Crippen LogP contribution in [0, 0.1) is 5.92 Å². The van der Waals surface area contributed by atoms with Gasteiger partial charge in [-0.25, -0.2) is 4.79 Å². The molecule has 136 valence electrons. The largest absolute Gasteiger partial charge is 0.480 e. The smallest absolute Gasteiger partial charge is 0.326 e. The van der Waals surface area contributed by atoms with Gasteiger partial charge in [0.05, 0.1) is 6.04 Å². The normalized spacial score (nSPS) is 21.2. The van der Waals surface area contributed by atoms with Crippen LogP contribution < -0.4 is 11.1 Å². The summed E-state index contributed by atoms with van der Waals surface area (Å²) in [5.41, 5.74) is 6.42. The number of aliphatic carboxylic acids is 1. The van der Waals surface area contributed by atoms with Crippen LogP contribution in [0.5, 0.6) is 0 Å². The summed E-state index contributed by atoms with van der Waals surface area (Å²) in [6.07, 6.45) is 0.663. The minimum atomic E-state index is -1.08. The molecule has 25 heavy (non-hydrogen) atoms. The van der Waals surface area contributed by atoms with Crippen LogP contribution in [0.25, 0.3) is 0 Å². The van der Waals surface area contributed by atoms with Gasteiger partial charge in [-0.3, -0.25) is 9.59 Å². The van der Waals surface area contributed by atoms with E-state index in [9.17, 15) is 19.5 Å². The Hall–Kier alpha value is -2.41. The third-order valence-electron chi connectivity index (χ3n) is 4.28. The molecule has 2 rings (SSSR count). The number of carbonyl (C=O) groups is 3. The maximum atomic E-state index is 12.5. The molecule has 0 aromatic heterocycles. The first kappa shape index (κ1) is 18.9. The zero-order chi connectivity index (χ0) is 18.6. The fraction of sp³-hybridized carbons (Fsp3) is 0.500. The highest BCUT2D eigenvalue weighted by atomic mass is 16.4. The van der Waals surface area contributed by atoms with E-state index < -0.39 is 24.1 Å². The summed E-state index contributed by atoms with van der Waals surface area (Å²) < 4.78 is 0. The molecule has 1 heterocycles. The molecule has 0 bridgehead atoms. The zero-order valence-corrected chi connectivity index (χ0v) is 14.5. The van der Waals surface area contributed by atoms with Crippen molar-refractivity contribution < 1.29 is 19.5 Å². The predicted octanol–water partition coefficient (Wildman–Crippen LogP) is 0.844. The van der Waals surface area contributed by atoms with E-state index in [1.54, 1.807) is 24.3 Å². The second-order valence-electron chi connectivity index (χ2n) is 6.85. The molecule has 1 aliphatic rings. The van der Waals surface area contributed by atoms with E-state index in [0.717, 1.165) is 0 Å². The molecule has 7 nitrogen and oxygen atoms in total. The zero-order valence-electron chi connectivity index (χ0n) is 14.5. The van der Waals surface area contributed by atoms with Gasteiger partial charge in [-0.15, -0.1) is 0 Å². The molecule has 4 N–H and O–H groups in total. The number of nitrogens with two attached hydrogens (primary N) is 1. The van der Waals surface area contributed by atoms with Crippen molar-refractivity contribution in [3.8, 4) is 0 Å². The standard InChI is InChI=1S/C18H25N3O4/c1-11(2)8-14(19)17(23)21-10-13(9-15(21)18(24)25)20-16(22)12-6-4-3-5-7-12/h3-7,11,13-15H,8-10,19H2,1-2H3,(H,20,22)(H,24,25). The van der Waals surface area contributed by atoms with Gasteiger partial charge >= 0.3 is 5.97 Å². The Morgan fingerprint density at radius 1 is 1.28 bits per heavy atom. The summed E-state index contributed by atoms with van der Waals surface area (Å²) in [7, 11) is 0. The highest BCUT2D eigenvalue weighted by Crippen LogP contribution is 2.21. The van der Waals surface area contributed by atoms with Crippen LogP contribution in [0.3, 0.4) is 0 Å². The molecular formula is C18H25N3O4. The summed E-state index contributed by atoms with van der Waals surface area (Å²) >= 11 is 0. The Labute approximate surface area is 147 Å². The number of benzene rings is 1. The van der Waals surface area contributed by atoms with Crippen molar-refractivity contribution in [1.29, 1.82) is 0 Å². The number of carbonyl (C=O) groups excluding carboxylic acids is 2. The molecular weight excluding hydrogens is 322 g/mol. The van der Waals surface area contributed by atoms with E-state index in [2.05, 4.69) is 5.32 Å².